The Bertz CT molecular complexity index is 1540. The molecule has 6 atom stereocenters. The van der Waals surface area contributed by atoms with Gasteiger partial charge in [-0.25, -0.2) is 9.36 Å². The van der Waals surface area contributed by atoms with Crippen LogP contribution in [-0.2, 0) is 23.4 Å². The van der Waals surface area contributed by atoms with Crippen molar-refractivity contribution < 1.29 is 37.4 Å². The Labute approximate surface area is 228 Å². The predicted octanol–water partition coefficient (Wildman–Crippen LogP) is 3.00. The van der Waals surface area contributed by atoms with Gasteiger partial charge in [-0.3, -0.25) is 23.7 Å². The fourth-order valence-electron chi connectivity index (χ4n) is 4.33. The maximum Gasteiger partial charge on any atom is 0.459 e. The molecule has 12 nitrogen and oxygen atoms in total. The highest BCUT2D eigenvalue weighted by Gasteiger charge is 2.44. The van der Waals surface area contributed by atoms with Crippen molar-refractivity contribution in [3.63, 3.8) is 0 Å². The summed E-state index contributed by atoms with van der Waals surface area (Å²) in [5, 5.41) is 14.7. The van der Waals surface area contributed by atoms with Crippen LogP contribution in [0.15, 0.2) is 58.3 Å². The Morgan fingerprint density at radius 3 is 2.60 bits per heavy atom. The number of halogens is 1. The number of carbonyl (C=O) groups is 1. The summed E-state index contributed by atoms with van der Waals surface area (Å²) >= 11 is 0. The molecule has 0 aliphatic carbocycles. The highest BCUT2D eigenvalue weighted by atomic mass is 31.2. The van der Waals surface area contributed by atoms with Gasteiger partial charge in [0, 0.05) is 11.8 Å². The first-order chi connectivity index (χ1) is 18.9. The van der Waals surface area contributed by atoms with Crippen LogP contribution in [0.1, 0.15) is 40.3 Å². The molecule has 2 heterocycles. The van der Waals surface area contributed by atoms with E-state index in [4.69, 9.17) is 18.5 Å². The molecule has 40 heavy (non-hydrogen) atoms. The minimum Gasteiger partial charge on any atom is -0.462 e. The van der Waals surface area contributed by atoms with Crippen LogP contribution in [0, 0.1) is 5.82 Å². The fraction of sp³-hybridized carbons (Fsp3) is 0.423. The van der Waals surface area contributed by atoms with Crippen molar-refractivity contribution in [3.05, 3.63) is 75.3 Å². The van der Waals surface area contributed by atoms with Crippen molar-refractivity contribution in [2.75, 3.05) is 0 Å². The SMILES string of the molecule is CC(C)OC(=O)[C@H](C)N[P@](=O)(Oc1cccc2ccccc12)O[C@H](C)[C@H]1O[C@@H](n2cc(F)c(=O)[nH]c2=O)C[C@@H]1O. The molecule has 1 fully saturated rings. The molecule has 0 unspecified atom stereocenters. The molecule has 14 heteroatoms. The van der Waals surface area contributed by atoms with Crippen LogP contribution in [0.5, 0.6) is 5.75 Å². The smallest absolute Gasteiger partial charge is 0.459 e. The zero-order valence-electron chi connectivity index (χ0n) is 22.3. The number of fused-ring (bicyclic) bond motifs is 1. The quantitative estimate of drug-likeness (QED) is 0.241. The van der Waals surface area contributed by atoms with Gasteiger partial charge in [-0.15, -0.1) is 0 Å². The van der Waals surface area contributed by atoms with Crippen LogP contribution in [0.3, 0.4) is 0 Å². The molecule has 1 aromatic heterocycles. The van der Waals surface area contributed by atoms with Crippen LogP contribution in [0.4, 0.5) is 4.39 Å². The van der Waals surface area contributed by atoms with E-state index in [0.717, 1.165) is 9.95 Å². The summed E-state index contributed by atoms with van der Waals surface area (Å²) in [7, 11) is -4.37. The first-order valence-electron chi connectivity index (χ1n) is 12.7. The van der Waals surface area contributed by atoms with E-state index in [-0.39, 0.29) is 12.2 Å². The number of hydrogen-bond donors (Lipinski definition) is 3. The minimum absolute atomic E-state index is 0.150. The molecule has 0 amide bonds. The van der Waals surface area contributed by atoms with Gasteiger partial charge in [0.15, 0.2) is 0 Å². The van der Waals surface area contributed by atoms with Gasteiger partial charge < -0.3 is 19.1 Å². The number of hydrogen-bond acceptors (Lipinski definition) is 9. The summed E-state index contributed by atoms with van der Waals surface area (Å²) in [4.78, 5) is 37.9. The molecule has 0 saturated carbocycles. The van der Waals surface area contributed by atoms with Gasteiger partial charge in [-0.2, -0.15) is 9.48 Å². The molecule has 1 saturated heterocycles. The summed E-state index contributed by atoms with van der Waals surface area (Å²) in [6.07, 6.45) is -4.52. The van der Waals surface area contributed by atoms with Gasteiger partial charge in [0.1, 0.15) is 24.1 Å². The monoisotopic (exact) mass is 579 g/mol. The van der Waals surface area contributed by atoms with Crippen molar-refractivity contribution >= 4 is 24.5 Å². The van der Waals surface area contributed by atoms with E-state index < -0.39 is 67.5 Å². The summed E-state index contributed by atoms with van der Waals surface area (Å²) in [5.41, 5.74) is -2.11. The maximum absolute atomic E-state index is 14.1. The van der Waals surface area contributed by atoms with Gasteiger partial charge >= 0.3 is 19.4 Å². The normalized spacial score (nSPS) is 22.1. The lowest BCUT2D eigenvalue weighted by Gasteiger charge is -2.29. The Hall–Kier alpha value is -3.35. The summed E-state index contributed by atoms with van der Waals surface area (Å²) in [5.74, 6) is -1.68. The first-order valence-corrected chi connectivity index (χ1v) is 14.2. The second kappa shape index (κ2) is 12.0. The van der Waals surface area contributed by atoms with E-state index in [9.17, 15) is 28.4 Å². The topological polar surface area (TPSA) is 158 Å². The minimum atomic E-state index is -4.37. The largest absolute Gasteiger partial charge is 0.462 e. The maximum atomic E-state index is 14.1. The lowest BCUT2D eigenvalue weighted by molar-refractivity contribution is -0.149. The second-order valence-corrected chi connectivity index (χ2v) is 11.4. The number of aliphatic hydroxyl groups is 1. The Morgan fingerprint density at radius 1 is 1.18 bits per heavy atom. The Balaban J connectivity index is 1.60. The number of ether oxygens (including phenoxy) is 2. The lowest BCUT2D eigenvalue weighted by atomic mass is 10.1. The zero-order valence-corrected chi connectivity index (χ0v) is 23.2. The van der Waals surface area contributed by atoms with Crippen LogP contribution in [0.25, 0.3) is 10.8 Å². The third-order valence-corrected chi connectivity index (χ3v) is 7.91. The predicted molar refractivity (Wildman–Crippen MR) is 142 cm³/mol. The first kappa shape index (κ1) is 29.6. The van der Waals surface area contributed by atoms with E-state index >= 15 is 0 Å². The number of aromatic amines is 1. The number of nitrogens with zero attached hydrogens (tertiary/aromatic N) is 1. The molecule has 1 aliphatic heterocycles. The van der Waals surface area contributed by atoms with E-state index in [2.05, 4.69) is 5.09 Å². The van der Waals surface area contributed by atoms with E-state index in [1.807, 2.05) is 23.2 Å². The van der Waals surface area contributed by atoms with Crippen molar-refractivity contribution in [2.45, 2.75) is 70.8 Å². The molecular formula is C26H31FN3O9P. The molecule has 0 radical (unpaired) electrons. The van der Waals surface area contributed by atoms with Gasteiger partial charge in [0.2, 0.25) is 5.82 Å². The molecule has 216 valence electrons. The summed E-state index contributed by atoms with van der Waals surface area (Å²) in [6, 6.07) is 11.3. The van der Waals surface area contributed by atoms with Gasteiger partial charge in [0.25, 0.3) is 5.56 Å². The standard InChI is InChI=1S/C26H31FN3O9P/c1-14(2)36-25(33)15(3)29-40(35,39-21-11-7-9-17-8-5-6-10-18(17)21)38-16(4)23-20(31)12-22(37-23)30-13-19(27)24(32)28-26(30)34/h5-11,13-16,20,22-23,31H,12H2,1-4H3,(H,29,35)(H,28,32,34)/t15-,16+,20-,22+,23+,40+/m0/s1. The highest BCUT2D eigenvalue weighted by Crippen LogP contribution is 2.49. The molecule has 3 N–H and O–H groups in total. The second-order valence-electron chi connectivity index (χ2n) is 9.71. The average molecular weight is 580 g/mol. The average Bonchev–Trinajstić information content (AvgIpc) is 3.27. The number of aliphatic hydroxyl groups excluding tert-OH is 1. The van der Waals surface area contributed by atoms with Crippen molar-refractivity contribution in [1.29, 1.82) is 0 Å². The molecule has 1 aliphatic rings. The Morgan fingerprint density at radius 2 is 1.88 bits per heavy atom. The lowest BCUT2D eigenvalue weighted by Crippen LogP contribution is -2.40. The van der Waals surface area contributed by atoms with Crippen LogP contribution in [0.2, 0.25) is 0 Å². The molecule has 0 bridgehead atoms. The number of aromatic nitrogens is 2. The third-order valence-electron chi connectivity index (χ3n) is 6.16. The summed E-state index contributed by atoms with van der Waals surface area (Å²) in [6.45, 7) is 6.24. The molecular weight excluding hydrogens is 548 g/mol. The van der Waals surface area contributed by atoms with Gasteiger partial charge in [0.05, 0.1) is 24.5 Å². The van der Waals surface area contributed by atoms with E-state index in [1.54, 1.807) is 38.1 Å². The van der Waals surface area contributed by atoms with Crippen molar-refractivity contribution in [2.24, 2.45) is 0 Å². The van der Waals surface area contributed by atoms with E-state index in [1.165, 1.54) is 13.8 Å². The van der Waals surface area contributed by atoms with Gasteiger partial charge in [-0.05, 0) is 39.1 Å². The Kier molecular flexibility index (Phi) is 8.91. The number of nitrogens with one attached hydrogen (secondary N) is 2. The third kappa shape index (κ3) is 6.68. The molecule has 4 rings (SSSR count). The molecule has 2 aromatic carbocycles. The highest BCUT2D eigenvalue weighted by molar-refractivity contribution is 7.52. The van der Waals surface area contributed by atoms with Crippen LogP contribution >= 0.6 is 7.75 Å². The number of H-pyrrole nitrogens is 1. The molecule has 0 spiro atoms. The number of esters is 1. The van der Waals surface area contributed by atoms with Crippen molar-refractivity contribution in [1.82, 2.24) is 14.6 Å². The van der Waals surface area contributed by atoms with Gasteiger partial charge in [-0.1, -0.05) is 36.4 Å². The van der Waals surface area contributed by atoms with Crippen molar-refractivity contribution in [3.8, 4) is 5.75 Å². The number of rotatable bonds is 10. The van der Waals surface area contributed by atoms with Crippen LogP contribution < -0.4 is 20.9 Å². The van der Waals surface area contributed by atoms with Crippen LogP contribution in [-0.4, -0.2) is 51.1 Å². The fourth-order valence-corrected chi connectivity index (χ4v) is 6.04. The summed E-state index contributed by atoms with van der Waals surface area (Å²) < 4.78 is 51.5. The zero-order chi connectivity index (χ0) is 29.2. The molecule has 3 aromatic rings. The number of benzene rings is 2. The van der Waals surface area contributed by atoms with E-state index in [0.29, 0.717) is 11.6 Å². The number of carbonyl (C=O) groups excluding carboxylic acids is 1.